The molecular weight excluding hydrogens is 712 g/mol. The van der Waals surface area contributed by atoms with Crippen molar-refractivity contribution in [1.82, 2.24) is 0 Å². The zero-order valence-corrected chi connectivity index (χ0v) is 34.3. The van der Waals surface area contributed by atoms with Gasteiger partial charge in [-0.3, -0.25) is 0 Å². The van der Waals surface area contributed by atoms with Gasteiger partial charge in [0.05, 0.1) is 31.0 Å². The lowest BCUT2D eigenvalue weighted by molar-refractivity contribution is -0.378. The van der Waals surface area contributed by atoms with Gasteiger partial charge < -0.3 is 64.9 Å². The van der Waals surface area contributed by atoms with Gasteiger partial charge in [0.15, 0.2) is 12.6 Å². The summed E-state index contributed by atoms with van der Waals surface area (Å²) in [6, 6.07) is 0. The monoisotopic (exact) mass is 784 g/mol. The van der Waals surface area contributed by atoms with E-state index in [0.717, 1.165) is 38.5 Å². The molecule has 55 heavy (non-hydrogen) atoms. The average molecular weight is 785 g/mol. The Morgan fingerprint density at radius 1 is 0.727 bits per heavy atom. The van der Waals surface area contributed by atoms with E-state index in [0.29, 0.717) is 19.3 Å². The van der Waals surface area contributed by atoms with Gasteiger partial charge in [0, 0.05) is 0 Å². The predicted molar refractivity (Wildman–Crippen MR) is 201 cm³/mol. The number of aliphatic hydroxyl groups excluding tert-OH is 8. The molecule has 9 N–H and O–H groups in total. The maximum Gasteiger partial charge on any atom is 0.187 e. The Morgan fingerprint density at radius 3 is 1.95 bits per heavy atom. The highest BCUT2D eigenvalue weighted by molar-refractivity contribution is 5.20. The molecule has 0 radical (unpaired) electrons. The summed E-state index contributed by atoms with van der Waals surface area (Å²) in [6.45, 7) is 16.5. The highest BCUT2D eigenvalue weighted by atomic mass is 16.8. The van der Waals surface area contributed by atoms with E-state index in [1.165, 1.54) is 5.57 Å². The van der Waals surface area contributed by atoms with Crippen LogP contribution in [0.25, 0.3) is 0 Å². The molecule has 2 saturated heterocycles. The maximum atomic E-state index is 12.2. The number of allylic oxidation sites excluding steroid dienone is 2. The zero-order valence-electron chi connectivity index (χ0n) is 34.3. The van der Waals surface area contributed by atoms with Gasteiger partial charge in [0.1, 0.15) is 48.8 Å². The topological polar surface area (TPSA) is 219 Å². The molecule has 0 bridgehead atoms. The minimum absolute atomic E-state index is 0.00798. The van der Waals surface area contributed by atoms with Crippen LogP contribution in [0.3, 0.4) is 0 Å². The molecule has 6 aliphatic rings. The lowest BCUT2D eigenvalue weighted by atomic mass is 9.35. The van der Waals surface area contributed by atoms with Gasteiger partial charge in [-0.25, -0.2) is 0 Å². The smallest absolute Gasteiger partial charge is 0.187 e. The summed E-state index contributed by atoms with van der Waals surface area (Å²) >= 11 is 0. The second-order valence-electron chi connectivity index (χ2n) is 20.1. The molecule has 0 aromatic heterocycles. The fourth-order valence-corrected chi connectivity index (χ4v) is 13.3. The van der Waals surface area contributed by atoms with E-state index in [2.05, 4.69) is 54.5 Å². The van der Waals surface area contributed by atoms with Gasteiger partial charge in [0.2, 0.25) is 0 Å². The molecule has 10 unspecified atom stereocenters. The molecule has 0 aromatic carbocycles. The summed E-state index contributed by atoms with van der Waals surface area (Å²) in [7, 11) is 0. The Labute approximate surface area is 327 Å². The molecule has 0 aromatic rings. The van der Waals surface area contributed by atoms with Gasteiger partial charge in [-0.1, -0.05) is 46.3 Å². The molecular formula is C42H72O13. The number of aliphatic hydroxyl groups is 9. The number of hydrogen-bond acceptors (Lipinski definition) is 13. The third kappa shape index (κ3) is 7.20. The van der Waals surface area contributed by atoms with Crippen molar-refractivity contribution in [2.24, 2.45) is 45.3 Å². The lowest BCUT2D eigenvalue weighted by Gasteiger charge is -2.70. The van der Waals surface area contributed by atoms with Crippen molar-refractivity contribution in [3.8, 4) is 0 Å². The van der Waals surface area contributed by atoms with E-state index in [1.807, 2.05) is 6.92 Å². The van der Waals surface area contributed by atoms with Crippen molar-refractivity contribution in [3.05, 3.63) is 11.6 Å². The fourth-order valence-electron chi connectivity index (χ4n) is 13.3. The SMILES string of the molecule is CC(C)=CCC[C@](C)(O)[C@@H]1CC[C@]2(C)[C@H]1C(O)C[C@@H]1[C@]3(C)CCC(O[C@H]4OC(CO)C(O)C(O)C4O[C@H]4OC(CO)C(O)C(O)C4O)C(C)(C)[C@H]3CC[C@@]12C. The molecule has 2 heterocycles. The van der Waals surface area contributed by atoms with E-state index in [-0.39, 0.29) is 39.9 Å². The van der Waals surface area contributed by atoms with Crippen molar-refractivity contribution in [3.63, 3.8) is 0 Å². The van der Waals surface area contributed by atoms with Crippen LogP contribution in [0.15, 0.2) is 11.6 Å². The minimum atomic E-state index is -1.75. The zero-order chi connectivity index (χ0) is 40.6. The van der Waals surface area contributed by atoms with E-state index >= 15 is 0 Å². The maximum absolute atomic E-state index is 12.2. The number of ether oxygens (including phenoxy) is 4. The first kappa shape index (κ1) is 43.8. The first-order chi connectivity index (χ1) is 25.6. The molecule has 4 saturated carbocycles. The van der Waals surface area contributed by atoms with Gasteiger partial charge in [-0.05, 0) is 124 Å². The van der Waals surface area contributed by atoms with Crippen LogP contribution in [-0.2, 0) is 18.9 Å². The number of fused-ring (bicyclic) bond motifs is 5. The molecule has 13 heteroatoms. The summed E-state index contributed by atoms with van der Waals surface area (Å²) in [5, 5.41) is 97.4. The summed E-state index contributed by atoms with van der Waals surface area (Å²) < 4.78 is 24.4. The van der Waals surface area contributed by atoms with Gasteiger partial charge >= 0.3 is 0 Å². The molecule has 4 aliphatic carbocycles. The Hall–Kier alpha value is -0.780. The summed E-state index contributed by atoms with van der Waals surface area (Å²) in [5.74, 6) is 0.445. The minimum Gasteiger partial charge on any atom is -0.394 e. The molecule has 2 aliphatic heterocycles. The molecule has 13 nitrogen and oxygen atoms in total. The lowest BCUT2D eigenvalue weighted by Crippen LogP contribution is -2.68. The standard InChI is InChI=1S/C42H72O13/c1-21(2)10-9-14-42(8,51)22-11-16-41(7)29(22)23(45)18-27-39(5)15-13-28(38(3,4)26(39)12-17-40(27,41)6)54-37-35(33(49)31(47)25(20-44)53-37)55-36-34(50)32(48)30(46)24(19-43)52-36/h10,22-37,43-51H,9,11-20H2,1-8H3/t22-,23?,24?,25?,26-,27-,28?,29-,30?,31?,32?,33?,34?,35?,36-,37-,39-,40+,41-,42+/m1/s1. The van der Waals surface area contributed by atoms with Crippen LogP contribution in [0.5, 0.6) is 0 Å². The van der Waals surface area contributed by atoms with Crippen molar-refractivity contribution in [2.75, 3.05) is 13.2 Å². The Bertz CT molecular complexity index is 1370. The second kappa shape index (κ2) is 15.7. The molecule has 0 spiro atoms. The van der Waals surface area contributed by atoms with E-state index < -0.39 is 97.8 Å². The Kier molecular flexibility index (Phi) is 12.5. The van der Waals surface area contributed by atoms with Crippen molar-refractivity contribution >= 4 is 0 Å². The normalized spacial score (nSPS) is 52.0. The van der Waals surface area contributed by atoms with Crippen LogP contribution in [0.2, 0.25) is 0 Å². The quantitative estimate of drug-likeness (QED) is 0.115. The predicted octanol–water partition coefficient (Wildman–Crippen LogP) is 2.15. The van der Waals surface area contributed by atoms with Crippen LogP contribution >= 0.6 is 0 Å². The number of hydrogen-bond donors (Lipinski definition) is 9. The third-order valence-electron chi connectivity index (χ3n) is 16.6. The van der Waals surface area contributed by atoms with Crippen LogP contribution in [0, 0.1) is 45.3 Å². The molecule has 6 fully saturated rings. The fraction of sp³-hybridized carbons (Fsp3) is 0.952. The second-order valence-corrected chi connectivity index (χ2v) is 20.1. The van der Waals surface area contributed by atoms with Crippen LogP contribution in [-0.4, -0.2) is 138 Å². The highest BCUT2D eigenvalue weighted by Crippen LogP contribution is 2.76. The summed E-state index contributed by atoms with van der Waals surface area (Å²) in [5.41, 5.74) is -0.405. The Morgan fingerprint density at radius 2 is 1.33 bits per heavy atom. The Balaban J connectivity index is 1.23. The highest BCUT2D eigenvalue weighted by Gasteiger charge is 2.71. The molecule has 20 atom stereocenters. The van der Waals surface area contributed by atoms with E-state index in [1.54, 1.807) is 0 Å². The number of rotatable bonds is 10. The van der Waals surface area contributed by atoms with Crippen molar-refractivity contribution in [1.29, 1.82) is 0 Å². The first-order valence-electron chi connectivity index (χ1n) is 20.9. The van der Waals surface area contributed by atoms with Crippen LogP contribution in [0.4, 0.5) is 0 Å². The van der Waals surface area contributed by atoms with E-state index in [9.17, 15) is 46.0 Å². The molecule has 318 valence electrons. The first-order valence-corrected chi connectivity index (χ1v) is 20.9. The van der Waals surface area contributed by atoms with Gasteiger partial charge in [-0.15, -0.1) is 0 Å². The summed E-state index contributed by atoms with van der Waals surface area (Å²) in [6.07, 6.45) is -6.48. The van der Waals surface area contributed by atoms with Gasteiger partial charge in [-0.2, -0.15) is 0 Å². The van der Waals surface area contributed by atoms with Gasteiger partial charge in [0.25, 0.3) is 0 Å². The summed E-state index contributed by atoms with van der Waals surface area (Å²) in [4.78, 5) is 0. The van der Waals surface area contributed by atoms with Crippen LogP contribution in [0.1, 0.15) is 113 Å². The molecule has 0 amide bonds. The van der Waals surface area contributed by atoms with Crippen molar-refractivity contribution < 1.29 is 64.9 Å². The third-order valence-corrected chi connectivity index (χ3v) is 16.6. The van der Waals surface area contributed by atoms with Crippen LogP contribution < -0.4 is 0 Å². The van der Waals surface area contributed by atoms with Crippen molar-refractivity contribution in [2.45, 2.75) is 192 Å². The average Bonchev–Trinajstić information content (AvgIpc) is 3.50. The molecule has 6 rings (SSSR count). The largest absolute Gasteiger partial charge is 0.394 e. The van der Waals surface area contributed by atoms with E-state index in [4.69, 9.17) is 18.9 Å².